The van der Waals surface area contributed by atoms with Crippen LogP contribution in [0.5, 0.6) is 0 Å². The molecule has 3 rings (SSSR count). The summed E-state index contributed by atoms with van der Waals surface area (Å²) in [5.74, 6) is -0.106. The number of rotatable bonds is 3. The Morgan fingerprint density at radius 1 is 1.29 bits per heavy atom. The van der Waals surface area contributed by atoms with E-state index >= 15 is 0 Å². The average Bonchev–Trinajstić information content (AvgIpc) is 3.09. The van der Waals surface area contributed by atoms with Gasteiger partial charge in [0.15, 0.2) is 0 Å². The first-order chi connectivity index (χ1) is 11.4. The number of aromatic nitrogens is 6. The highest BCUT2D eigenvalue weighted by atomic mass is 16.2. The first-order valence-corrected chi connectivity index (χ1v) is 7.76. The van der Waals surface area contributed by atoms with E-state index < -0.39 is 5.92 Å². The molecule has 0 aromatic carbocycles. The van der Waals surface area contributed by atoms with Gasteiger partial charge in [-0.15, -0.1) is 5.10 Å². The molecule has 0 bridgehead atoms. The summed E-state index contributed by atoms with van der Waals surface area (Å²) in [5.41, 5.74) is 0. The minimum atomic E-state index is -0.414. The van der Waals surface area contributed by atoms with Crippen LogP contribution >= 0.6 is 0 Å². The summed E-state index contributed by atoms with van der Waals surface area (Å²) in [6, 6.07) is 0.0255. The Kier molecular flexibility index (Phi) is 4.28. The molecule has 10 heteroatoms. The van der Waals surface area contributed by atoms with E-state index in [2.05, 4.69) is 25.5 Å². The molecule has 0 saturated carbocycles. The number of nitrogens with one attached hydrogen (secondary N) is 1. The minimum Gasteiger partial charge on any atom is -0.354 e. The molecule has 1 aliphatic heterocycles. The van der Waals surface area contributed by atoms with Crippen LogP contribution in [0.3, 0.4) is 0 Å². The molecule has 0 spiro atoms. The number of fused-ring (bicyclic) bond motifs is 1. The van der Waals surface area contributed by atoms with Crippen LogP contribution < -0.4 is 5.32 Å². The summed E-state index contributed by atoms with van der Waals surface area (Å²) < 4.78 is 3.14. The van der Waals surface area contributed by atoms with E-state index in [-0.39, 0.29) is 36.8 Å². The fourth-order valence-corrected chi connectivity index (χ4v) is 2.63. The Morgan fingerprint density at radius 2 is 2.08 bits per heavy atom. The number of amides is 2. The van der Waals surface area contributed by atoms with Crippen molar-refractivity contribution in [2.24, 2.45) is 13.0 Å². The third kappa shape index (κ3) is 3.26. The second-order valence-corrected chi connectivity index (χ2v) is 6.15. The largest absolute Gasteiger partial charge is 0.354 e. The Morgan fingerprint density at radius 3 is 2.75 bits per heavy atom. The Bertz CT molecular complexity index is 750. The lowest BCUT2D eigenvalue weighted by molar-refractivity contribution is -0.126. The number of carbonyl (C=O) groups is 2. The molecule has 1 aliphatic rings. The Labute approximate surface area is 138 Å². The van der Waals surface area contributed by atoms with Crippen molar-refractivity contribution in [3.05, 3.63) is 24.3 Å². The van der Waals surface area contributed by atoms with Crippen LogP contribution in [-0.4, -0.2) is 58.8 Å². The van der Waals surface area contributed by atoms with Crippen molar-refractivity contribution < 1.29 is 9.59 Å². The molecule has 2 aromatic heterocycles. The highest BCUT2D eigenvalue weighted by Gasteiger charge is 2.32. The predicted octanol–water partition coefficient (Wildman–Crippen LogP) is -0.797. The molecule has 10 nitrogen and oxygen atoms in total. The van der Waals surface area contributed by atoms with E-state index in [1.165, 1.54) is 17.3 Å². The number of hydrogen-bond acceptors (Lipinski definition) is 6. The highest BCUT2D eigenvalue weighted by Crippen LogP contribution is 2.16. The van der Waals surface area contributed by atoms with Crippen LogP contribution in [-0.2, 0) is 24.9 Å². The molecule has 0 saturated heterocycles. The van der Waals surface area contributed by atoms with Crippen LogP contribution in [0.25, 0.3) is 0 Å². The lowest BCUT2D eigenvalue weighted by Gasteiger charge is -2.23. The number of hydrogen-bond donors (Lipinski definition) is 1. The van der Waals surface area contributed by atoms with Gasteiger partial charge in [0.25, 0.3) is 5.91 Å². The zero-order valence-corrected chi connectivity index (χ0v) is 13.9. The zero-order valence-electron chi connectivity index (χ0n) is 13.9. The van der Waals surface area contributed by atoms with E-state index in [9.17, 15) is 9.59 Å². The third-order valence-electron chi connectivity index (χ3n) is 3.74. The quantitative estimate of drug-likeness (QED) is 0.788. The SMILES string of the molecule is CC(C)NC(=O)C1CN(C(=O)c2ncn(C)n2)Cc2ncnn2C1. The number of nitrogens with zero attached hydrogens (tertiary/aromatic N) is 7. The first kappa shape index (κ1) is 16.1. The van der Waals surface area contributed by atoms with Crippen molar-refractivity contribution >= 4 is 11.8 Å². The molecule has 0 fully saturated rings. The van der Waals surface area contributed by atoms with Crippen LogP contribution in [0.2, 0.25) is 0 Å². The molecule has 128 valence electrons. The van der Waals surface area contributed by atoms with Crippen molar-refractivity contribution in [2.45, 2.75) is 33.0 Å². The number of carbonyl (C=O) groups excluding carboxylic acids is 2. The molecule has 0 aliphatic carbocycles. The fraction of sp³-hybridized carbons (Fsp3) is 0.571. The molecule has 2 amide bonds. The van der Waals surface area contributed by atoms with Crippen LogP contribution in [0, 0.1) is 5.92 Å². The summed E-state index contributed by atoms with van der Waals surface area (Å²) in [6.45, 7) is 4.71. The van der Waals surface area contributed by atoms with Gasteiger partial charge in [0, 0.05) is 19.6 Å². The topological polar surface area (TPSA) is 111 Å². The van der Waals surface area contributed by atoms with Crippen molar-refractivity contribution in [1.29, 1.82) is 0 Å². The smallest absolute Gasteiger partial charge is 0.293 e. The lowest BCUT2D eigenvalue weighted by Crippen LogP contribution is -2.43. The summed E-state index contributed by atoms with van der Waals surface area (Å²) >= 11 is 0. The Hall–Kier alpha value is -2.78. The lowest BCUT2D eigenvalue weighted by atomic mass is 10.1. The molecule has 1 N–H and O–H groups in total. The monoisotopic (exact) mass is 332 g/mol. The van der Waals surface area contributed by atoms with E-state index in [1.54, 1.807) is 16.6 Å². The predicted molar refractivity (Wildman–Crippen MR) is 82.5 cm³/mol. The summed E-state index contributed by atoms with van der Waals surface area (Å²) in [6.07, 6.45) is 2.90. The van der Waals surface area contributed by atoms with Gasteiger partial charge in [-0.3, -0.25) is 14.3 Å². The van der Waals surface area contributed by atoms with Crippen molar-refractivity contribution in [3.63, 3.8) is 0 Å². The van der Waals surface area contributed by atoms with E-state index in [0.717, 1.165) is 0 Å². The summed E-state index contributed by atoms with van der Waals surface area (Å²) in [7, 11) is 1.70. The van der Waals surface area contributed by atoms with Gasteiger partial charge < -0.3 is 10.2 Å². The van der Waals surface area contributed by atoms with E-state index in [4.69, 9.17) is 0 Å². The molecule has 24 heavy (non-hydrogen) atoms. The summed E-state index contributed by atoms with van der Waals surface area (Å²) in [4.78, 5) is 34.9. The Balaban J connectivity index is 1.86. The van der Waals surface area contributed by atoms with Crippen molar-refractivity contribution in [3.8, 4) is 0 Å². The van der Waals surface area contributed by atoms with Gasteiger partial charge >= 0.3 is 0 Å². The molecule has 3 heterocycles. The maximum absolute atomic E-state index is 12.7. The second kappa shape index (κ2) is 6.38. The van der Waals surface area contributed by atoms with Gasteiger partial charge in [-0.25, -0.2) is 14.6 Å². The average molecular weight is 332 g/mol. The maximum atomic E-state index is 12.7. The van der Waals surface area contributed by atoms with Crippen LogP contribution in [0.4, 0.5) is 0 Å². The second-order valence-electron chi connectivity index (χ2n) is 6.15. The molecule has 2 aromatic rings. The highest BCUT2D eigenvalue weighted by molar-refractivity contribution is 5.91. The van der Waals surface area contributed by atoms with Crippen LogP contribution in [0.15, 0.2) is 12.7 Å². The van der Waals surface area contributed by atoms with Gasteiger partial charge in [0.05, 0.1) is 19.0 Å². The normalized spacial score (nSPS) is 17.5. The zero-order chi connectivity index (χ0) is 17.3. The van der Waals surface area contributed by atoms with Crippen molar-refractivity contribution in [2.75, 3.05) is 6.54 Å². The maximum Gasteiger partial charge on any atom is 0.293 e. The molecule has 1 unspecified atom stereocenters. The molecule has 0 radical (unpaired) electrons. The fourth-order valence-electron chi connectivity index (χ4n) is 2.63. The van der Waals surface area contributed by atoms with E-state index in [0.29, 0.717) is 12.4 Å². The molecular weight excluding hydrogens is 312 g/mol. The van der Waals surface area contributed by atoms with Gasteiger partial charge in [0.2, 0.25) is 11.7 Å². The van der Waals surface area contributed by atoms with Gasteiger partial charge in [0.1, 0.15) is 18.5 Å². The number of aryl methyl sites for hydroxylation is 1. The standard InChI is InChI=1S/C14H20N8O2/c1-9(2)18-13(23)10-4-21(6-11-15-7-17-22(11)5-10)14(24)12-16-8-20(3)19-12/h7-10H,4-6H2,1-3H3,(H,18,23). The van der Waals surface area contributed by atoms with Crippen molar-refractivity contribution in [1.82, 2.24) is 39.7 Å². The first-order valence-electron chi connectivity index (χ1n) is 7.76. The summed E-state index contributed by atoms with van der Waals surface area (Å²) in [5, 5.41) is 11.1. The van der Waals surface area contributed by atoms with Crippen LogP contribution in [0.1, 0.15) is 30.3 Å². The van der Waals surface area contributed by atoms with Gasteiger partial charge in [-0.1, -0.05) is 0 Å². The molecular formula is C14H20N8O2. The third-order valence-corrected chi connectivity index (χ3v) is 3.74. The van der Waals surface area contributed by atoms with E-state index in [1.807, 2.05) is 13.8 Å². The minimum absolute atomic E-state index is 0.0255. The van der Waals surface area contributed by atoms with Gasteiger partial charge in [-0.2, -0.15) is 5.10 Å². The molecule has 1 atom stereocenters. The van der Waals surface area contributed by atoms with Gasteiger partial charge in [-0.05, 0) is 13.8 Å².